The molecule has 0 fully saturated rings. The highest BCUT2D eigenvalue weighted by atomic mass is 32.2. The SMILES string of the molecule is COCCNS(=O)(=O)c1cn(-c2ccccc2)nc1C. The highest BCUT2D eigenvalue weighted by Crippen LogP contribution is 2.16. The number of aryl methyl sites for hydroxylation is 1. The van der Waals surface area contributed by atoms with Crippen molar-refractivity contribution in [2.75, 3.05) is 20.3 Å². The van der Waals surface area contributed by atoms with E-state index in [0.717, 1.165) is 5.69 Å². The summed E-state index contributed by atoms with van der Waals surface area (Å²) in [6, 6.07) is 9.36. The fourth-order valence-electron chi connectivity index (χ4n) is 1.78. The number of benzene rings is 1. The van der Waals surface area contributed by atoms with Gasteiger partial charge in [-0.05, 0) is 19.1 Å². The quantitative estimate of drug-likeness (QED) is 0.810. The van der Waals surface area contributed by atoms with Gasteiger partial charge in [0.25, 0.3) is 0 Å². The molecule has 20 heavy (non-hydrogen) atoms. The molecular weight excluding hydrogens is 278 g/mol. The minimum Gasteiger partial charge on any atom is -0.383 e. The van der Waals surface area contributed by atoms with Crippen LogP contribution in [0.1, 0.15) is 5.69 Å². The van der Waals surface area contributed by atoms with Crippen LogP contribution < -0.4 is 4.72 Å². The van der Waals surface area contributed by atoms with Crippen LogP contribution in [-0.4, -0.2) is 38.5 Å². The van der Waals surface area contributed by atoms with E-state index in [1.807, 2.05) is 30.3 Å². The molecule has 0 aliphatic rings. The molecule has 0 saturated carbocycles. The maximum absolute atomic E-state index is 12.2. The number of rotatable bonds is 6. The molecule has 0 saturated heterocycles. The summed E-state index contributed by atoms with van der Waals surface area (Å²) >= 11 is 0. The number of hydrogen-bond donors (Lipinski definition) is 1. The Balaban J connectivity index is 2.28. The fourth-order valence-corrected chi connectivity index (χ4v) is 2.95. The monoisotopic (exact) mass is 295 g/mol. The topological polar surface area (TPSA) is 73.2 Å². The summed E-state index contributed by atoms with van der Waals surface area (Å²) in [6.45, 7) is 2.23. The van der Waals surface area contributed by atoms with Gasteiger partial charge in [0, 0.05) is 13.7 Å². The molecule has 1 aromatic heterocycles. The zero-order valence-corrected chi connectivity index (χ0v) is 12.2. The van der Waals surface area contributed by atoms with Crippen LogP contribution in [0.4, 0.5) is 0 Å². The molecule has 6 nitrogen and oxygen atoms in total. The zero-order chi connectivity index (χ0) is 14.6. The molecular formula is C13H17N3O3S. The molecule has 0 spiro atoms. The van der Waals surface area contributed by atoms with Crippen LogP contribution in [0.2, 0.25) is 0 Å². The highest BCUT2D eigenvalue weighted by molar-refractivity contribution is 7.89. The van der Waals surface area contributed by atoms with Gasteiger partial charge in [-0.3, -0.25) is 0 Å². The van der Waals surface area contributed by atoms with Gasteiger partial charge >= 0.3 is 0 Å². The Labute approximate surface area is 118 Å². The maximum atomic E-state index is 12.2. The van der Waals surface area contributed by atoms with E-state index in [2.05, 4.69) is 9.82 Å². The Morgan fingerprint density at radius 1 is 1.30 bits per heavy atom. The lowest BCUT2D eigenvalue weighted by Gasteiger charge is -2.04. The first-order valence-electron chi connectivity index (χ1n) is 6.15. The number of nitrogens with zero attached hydrogens (tertiary/aromatic N) is 2. The van der Waals surface area contributed by atoms with Crippen molar-refractivity contribution in [2.45, 2.75) is 11.8 Å². The van der Waals surface area contributed by atoms with Gasteiger partial charge in [-0.15, -0.1) is 0 Å². The zero-order valence-electron chi connectivity index (χ0n) is 11.4. The first-order chi connectivity index (χ1) is 9.54. The Bertz CT molecular complexity index is 665. The van der Waals surface area contributed by atoms with E-state index in [1.54, 1.807) is 11.6 Å². The van der Waals surface area contributed by atoms with Crippen LogP contribution in [0.15, 0.2) is 41.4 Å². The number of ether oxygens (including phenoxy) is 1. The largest absolute Gasteiger partial charge is 0.383 e. The predicted octanol–water partition coefficient (Wildman–Crippen LogP) is 1.11. The molecule has 2 aromatic rings. The van der Waals surface area contributed by atoms with Crippen molar-refractivity contribution >= 4 is 10.0 Å². The molecule has 0 amide bonds. The third-order valence-corrected chi connectivity index (χ3v) is 4.33. The predicted molar refractivity (Wildman–Crippen MR) is 75.4 cm³/mol. The second kappa shape index (κ2) is 6.17. The van der Waals surface area contributed by atoms with Gasteiger partial charge in [-0.25, -0.2) is 17.8 Å². The summed E-state index contributed by atoms with van der Waals surface area (Å²) in [7, 11) is -2.04. The van der Waals surface area contributed by atoms with Crippen molar-refractivity contribution in [3.05, 3.63) is 42.2 Å². The second-order valence-corrected chi connectivity index (χ2v) is 5.98. The minimum absolute atomic E-state index is 0.178. The van der Waals surface area contributed by atoms with E-state index in [0.29, 0.717) is 12.3 Å². The Morgan fingerprint density at radius 2 is 2.00 bits per heavy atom. The number of para-hydroxylation sites is 1. The summed E-state index contributed by atoms with van der Waals surface area (Å²) in [5.74, 6) is 0. The lowest BCUT2D eigenvalue weighted by Crippen LogP contribution is -2.27. The smallest absolute Gasteiger partial charge is 0.244 e. The molecule has 0 atom stereocenters. The molecule has 0 bridgehead atoms. The van der Waals surface area contributed by atoms with Gasteiger partial charge < -0.3 is 4.74 Å². The van der Waals surface area contributed by atoms with Crippen molar-refractivity contribution in [2.24, 2.45) is 0 Å². The van der Waals surface area contributed by atoms with Crippen molar-refractivity contribution in [1.29, 1.82) is 0 Å². The summed E-state index contributed by atoms with van der Waals surface area (Å²) < 4.78 is 33.2. The van der Waals surface area contributed by atoms with E-state index in [4.69, 9.17) is 4.74 Å². The van der Waals surface area contributed by atoms with Gasteiger partial charge in [-0.1, -0.05) is 18.2 Å². The van der Waals surface area contributed by atoms with E-state index >= 15 is 0 Å². The average molecular weight is 295 g/mol. The molecule has 7 heteroatoms. The van der Waals surface area contributed by atoms with Crippen LogP contribution in [0.25, 0.3) is 5.69 Å². The normalized spacial score (nSPS) is 11.7. The highest BCUT2D eigenvalue weighted by Gasteiger charge is 2.20. The van der Waals surface area contributed by atoms with Gasteiger partial charge in [0.1, 0.15) is 4.90 Å². The van der Waals surface area contributed by atoms with Crippen molar-refractivity contribution in [3.8, 4) is 5.69 Å². The van der Waals surface area contributed by atoms with Crippen molar-refractivity contribution in [1.82, 2.24) is 14.5 Å². The molecule has 0 aliphatic carbocycles. The molecule has 108 valence electrons. The Hall–Kier alpha value is -1.70. The Morgan fingerprint density at radius 3 is 2.65 bits per heavy atom. The number of nitrogens with one attached hydrogen (secondary N) is 1. The molecule has 0 radical (unpaired) electrons. The first kappa shape index (κ1) is 14.7. The lowest BCUT2D eigenvalue weighted by molar-refractivity contribution is 0.204. The molecule has 1 N–H and O–H groups in total. The molecule has 0 aliphatic heterocycles. The summed E-state index contributed by atoms with van der Waals surface area (Å²) in [5.41, 5.74) is 1.27. The summed E-state index contributed by atoms with van der Waals surface area (Å²) in [5, 5.41) is 4.24. The van der Waals surface area contributed by atoms with Crippen LogP contribution in [0.5, 0.6) is 0 Å². The molecule has 2 rings (SSSR count). The number of hydrogen-bond acceptors (Lipinski definition) is 4. The van der Waals surface area contributed by atoms with Crippen LogP contribution >= 0.6 is 0 Å². The van der Waals surface area contributed by atoms with Gasteiger partial charge in [-0.2, -0.15) is 5.10 Å². The number of sulfonamides is 1. The van der Waals surface area contributed by atoms with Gasteiger partial charge in [0.05, 0.1) is 24.2 Å². The fraction of sp³-hybridized carbons (Fsp3) is 0.308. The lowest BCUT2D eigenvalue weighted by atomic mass is 10.3. The Kier molecular flexibility index (Phi) is 4.53. The van der Waals surface area contributed by atoms with Crippen LogP contribution in [-0.2, 0) is 14.8 Å². The third-order valence-electron chi connectivity index (χ3n) is 2.76. The van der Waals surface area contributed by atoms with E-state index < -0.39 is 10.0 Å². The number of aromatic nitrogens is 2. The van der Waals surface area contributed by atoms with E-state index in [1.165, 1.54) is 13.3 Å². The molecule has 1 aromatic carbocycles. The van der Waals surface area contributed by atoms with Gasteiger partial charge in [0.2, 0.25) is 10.0 Å². The van der Waals surface area contributed by atoms with Crippen molar-refractivity contribution in [3.63, 3.8) is 0 Å². The molecule has 0 unspecified atom stereocenters. The second-order valence-electron chi connectivity index (χ2n) is 4.25. The summed E-state index contributed by atoms with van der Waals surface area (Å²) in [4.78, 5) is 0.178. The standard InChI is InChI=1S/C13H17N3O3S/c1-11-13(20(17,18)14-8-9-19-2)10-16(15-11)12-6-4-3-5-7-12/h3-7,10,14H,8-9H2,1-2H3. The average Bonchev–Trinajstić information content (AvgIpc) is 2.83. The van der Waals surface area contributed by atoms with Crippen molar-refractivity contribution < 1.29 is 13.2 Å². The van der Waals surface area contributed by atoms with E-state index in [9.17, 15) is 8.42 Å². The number of methoxy groups -OCH3 is 1. The third kappa shape index (κ3) is 3.24. The van der Waals surface area contributed by atoms with E-state index in [-0.39, 0.29) is 11.4 Å². The van der Waals surface area contributed by atoms with Gasteiger partial charge in [0.15, 0.2) is 0 Å². The molecule has 1 heterocycles. The van der Waals surface area contributed by atoms with Crippen LogP contribution in [0, 0.1) is 6.92 Å². The first-order valence-corrected chi connectivity index (χ1v) is 7.63. The summed E-state index contributed by atoms with van der Waals surface area (Å²) in [6.07, 6.45) is 1.51. The van der Waals surface area contributed by atoms with Crippen LogP contribution in [0.3, 0.4) is 0 Å². The minimum atomic E-state index is -3.56. The maximum Gasteiger partial charge on any atom is 0.244 e.